The Labute approximate surface area is 171 Å². The maximum absolute atomic E-state index is 15.0. The van der Waals surface area contributed by atoms with Crippen LogP contribution in [0.25, 0.3) is 0 Å². The van der Waals surface area contributed by atoms with Gasteiger partial charge >= 0.3 is 0 Å². The number of alkyl halides is 1. The largest absolute Gasteiger partial charge is 0.342 e. The Balaban J connectivity index is 1.45. The molecule has 3 fully saturated rings. The molecule has 1 spiro atoms. The van der Waals surface area contributed by atoms with Gasteiger partial charge in [0.05, 0.1) is 0 Å². The normalized spacial score (nSPS) is 30.7. The monoisotopic (exact) mass is 395 g/mol. The first kappa shape index (κ1) is 22.0. The highest BCUT2D eigenvalue weighted by Crippen LogP contribution is 2.42. The molecule has 3 saturated heterocycles. The highest BCUT2D eigenvalue weighted by molar-refractivity contribution is 5.78. The van der Waals surface area contributed by atoms with Crippen LogP contribution in [-0.2, 0) is 4.79 Å². The molecule has 162 valence electrons. The maximum atomic E-state index is 15.0. The zero-order valence-corrected chi connectivity index (χ0v) is 18.6. The minimum atomic E-state index is -0.711. The standard InChI is InChI=1S/C23H42FN3O/c1-5-19(4)16-25-11-6-21(20(24)17-25)26-12-7-23(8-13-26)9-14-27(15-10-23)22(28)18(2)3/h18-21H,5-17H2,1-4H3/t19?,20-,21+/m1/s1. The van der Waals surface area contributed by atoms with Crippen LogP contribution in [0.15, 0.2) is 0 Å². The molecule has 0 aliphatic carbocycles. The summed E-state index contributed by atoms with van der Waals surface area (Å²) in [7, 11) is 0. The van der Waals surface area contributed by atoms with Crippen LogP contribution < -0.4 is 0 Å². The second kappa shape index (κ2) is 9.42. The second-order valence-corrected chi connectivity index (χ2v) is 10.2. The lowest BCUT2D eigenvalue weighted by molar-refractivity contribution is -0.137. The van der Waals surface area contributed by atoms with Crippen molar-refractivity contribution in [2.24, 2.45) is 17.3 Å². The van der Waals surface area contributed by atoms with Crippen molar-refractivity contribution in [1.29, 1.82) is 0 Å². The van der Waals surface area contributed by atoms with Crippen molar-refractivity contribution in [3.63, 3.8) is 0 Å². The second-order valence-electron chi connectivity index (χ2n) is 10.2. The Morgan fingerprint density at radius 3 is 2.18 bits per heavy atom. The summed E-state index contributed by atoms with van der Waals surface area (Å²) in [6.07, 6.45) is 6.05. The molecule has 0 radical (unpaired) electrons. The summed E-state index contributed by atoms with van der Waals surface area (Å²) in [5.74, 6) is 1.06. The lowest BCUT2D eigenvalue weighted by Crippen LogP contribution is -2.56. The van der Waals surface area contributed by atoms with Gasteiger partial charge in [-0.25, -0.2) is 4.39 Å². The fourth-order valence-electron chi connectivity index (χ4n) is 5.50. The zero-order chi connectivity index (χ0) is 20.3. The quantitative estimate of drug-likeness (QED) is 0.708. The van der Waals surface area contributed by atoms with Gasteiger partial charge in [0.15, 0.2) is 0 Å². The van der Waals surface area contributed by atoms with Gasteiger partial charge in [0.25, 0.3) is 0 Å². The fourth-order valence-corrected chi connectivity index (χ4v) is 5.50. The van der Waals surface area contributed by atoms with Gasteiger partial charge in [-0.05, 0) is 63.1 Å². The van der Waals surface area contributed by atoms with Crippen molar-refractivity contribution in [2.75, 3.05) is 45.8 Å². The highest BCUT2D eigenvalue weighted by atomic mass is 19.1. The van der Waals surface area contributed by atoms with Gasteiger partial charge in [0, 0.05) is 38.1 Å². The smallest absolute Gasteiger partial charge is 0.225 e. The molecule has 28 heavy (non-hydrogen) atoms. The Morgan fingerprint density at radius 1 is 1.04 bits per heavy atom. The summed E-state index contributed by atoms with van der Waals surface area (Å²) >= 11 is 0. The Hall–Kier alpha value is -0.680. The average molecular weight is 396 g/mol. The first-order valence-corrected chi connectivity index (χ1v) is 11.7. The van der Waals surface area contributed by atoms with Gasteiger partial charge in [-0.2, -0.15) is 0 Å². The van der Waals surface area contributed by atoms with Gasteiger partial charge in [-0.15, -0.1) is 0 Å². The van der Waals surface area contributed by atoms with E-state index in [9.17, 15) is 9.18 Å². The van der Waals surface area contributed by atoms with Crippen LogP contribution in [0.4, 0.5) is 4.39 Å². The topological polar surface area (TPSA) is 26.8 Å². The molecule has 1 amide bonds. The number of hydrogen-bond donors (Lipinski definition) is 0. The van der Waals surface area contributed by atoms with Crippen LogP contribution >= 0.6 is 0 Å². The van der Waals surface area contributed by atoms with Crippen LogP contribution in [0, 0.1) is 17.3 Å². The molecule has 0 saturated carbocycles. The number of carbonyl (C=O) groups excluding carboxylic acids is 1. The number of halogens is 1. The van der Waals surface area contributed by atoms with E-state index in [0.29, 0.717) is 23.8 Å². The molecule has 1 unspecified atom stereocenters. The molecule has 5 heteroatoms. The summed E-state index contributed by atoms with van der Waals surface area (Å²) in [6.45, 7) is 15.1. The maximum Gasteiger partial charge on any atom is 0.225 e. The fraction of sp³-hybridized carbons (Fsp3) is 0.957. The van der Waals surface area contributed by atoms with Gasteiger partial charge in [-0.1, -0.05) is 34.1 Å². The van der Waals surface area contributed by atoms with E-state index in [-0.39, 0.29) is 12.0 Å². The van der Waals surface area contributed by atoms with Crippen LogP contribution in [-0.4, -0.2) is 78.6 Å². The summed E-state index contributed by atoms with van der Waals surface area (Å²) in [5.41, 5.74) is 0.396. The van der Waals surface area contributed by atoms with Crippen LogP contribution in [0.2, 0.25) is 0 Å². The molecule has 0 N–H and O–H groups in total. The summed E-state index contributed by atoms with van der Waals surface area (Å²) in [4.78, 5) is 19.1. The average Bonchev–Trinajstić information content (AvgIpc) is 2.69. The van der Waals surface area contributed by atoms with E-state index in [1.165, 1.54) is 19.3 Å². The number of likely N-dealkylation sites (tertiary alicyclic amines) is 3. The summed E-state index contributed by atoms with van der Waals surface area (Å²) in [6, 6.07) is 0.119. The molecule has 4 nitrogen and oxygen atoms in total. The SMILES string of the molecule is CCC(C)CN1CC[C@H](N2CCC3(CCN(C(=O)C(C)C)CC3)CC2)[C@H](F)C1. The van der Waals surface area contributed by atoms with E-state index in [1.54, 1.807) is 0 Å². The first-order valence-electron chi connectivity index (χ1n) is 11.7. The number of hydrogen-bond acceptors (Lipinski definition) is 3. The molecule has 3 aliphatic heterocycles. The Morgan fingerprint density at radius 2 is 1.64 bits per heavy atom. The third-order valence-electron chi connectivity index (χ3n) is 7.82. The highest BCUT2D eigenvalue weighted by Gasteiger charge is 2.42. The first-order chi connectivity index (χ1) is 13.3. The summed E-state index contributed by atoms with van der Waals surface area (Å²) < 4.78 is 15.0. The third kappa shape index (κ3) is 5.08. The van der Waals surface area contributed by atoms with E-state index in [2.05, 4.69) is 28.5 Å². The summed E-state index contributed by atoms with van der Waals surface area (Å²) in [5, 5.41) is 0. The van der Waals surface area contributed by atoms with Gasteiger partial charge in [0.2, 0.25) is 5.91 Å². The predicted octanol–water partition coefficient (Wildman–Crippen LogP) is 3.81. The Kier molecular flexibility index (Phi) is 7.41. The molecule has 3 aliphatic rings. The number of carbonyl (C=O) groups is 1. The Bertz CT molecular complexity index is 508. The lowest BCUT2D eigenvalue weighted by Gasteiger charge is -2.50. The van der Waals surface area contributed by atoms with Crippen LogP contribution in [0.5, 0.6) is 0 Å². The van der Waals surface area contributed by atoms with E-state index < -0.39 is 6.17 Å². The van der Waals surface area contributed by atoms with Gasteiger partial charge in [0.1, 0.15) is 6.17 Å². The van der Waals surface area contributed by atoms with E-state index in [4.69, 9.17) is 0 Å². The number of nitrogens with zero attached hydrogens (tertiary/aromatic N) is 3. The number of amides is 1. The van der Waals surface area contributed by atoms with E-state index in [0.717, 1.165) is 58.5 Å². The molecular formula is C23H42FN3O. The minimum Gasteiger partial charge on any atom is -0.342 e. The third-order valence-corrected chi connectivity index (χ3v) is 7.82. The lowest BCUT2D eigenvalue weighted by atomic mass is 9.70. The van der Waals surface area contributed by atoms with Gasteiger partial charge < -0.3 is 9.80 Å². The molecule has 0 aromatic heterocycles. The van der Waals surface area contributed by atoms with Crippen molar-refractivity contribution >= 4 is 5.91 Å². The molecule has 3 heterocycles. The van der Waals surface area contributed by atoms with Crippen molar-refractivity contribution in [3.8, 4) is 0 Å². The molecule has 3 rings (SSSR count). The zero-order valence-electron chi connectivity index (χ0n) is 18.6. The molecule has 0 bridgehead atoms. The van der Waals surface area contributed by atoms with Crippen LogP contribution in [0.1, 0.15) is 66.2 Å². The van der Waals surface area contributed by atoms with Crippen molar-refractivity contribution in [3.05, 3.63) is 0 Å². The molecular weight excluding hydrogens is 353 g/mol. The number of piperidine rings is 3. The van der Waals surface area contributed by atoms with Crippen molar-refractivity contribution in [1.82, 2.24) is 14.7 Å². The minimum absolute atomic E-state index is 0.101. The van der Waals surface area contributed by atoms with E-state index >= 15 is 0 Å². The van der Waals surface area contributed by atoms with E-state index in [1.807, 2.05) is 13.8 Å². The number of rotatable bonds is 5. The van der Waals surface area contributed by atoms with Crippen LogP contribution in [0.3, 0.4) is 0 Å². The van der Waals surface area contributed by atoms with Crippen molar-refractivity contribution in [2.45, 2.75) is 78.4 Å². The van der Waals surface area contributed by atoms with Crippen molar-refractivity contribution < 1.29 is 9.18 Å². The molecule has 0 aromatic carbocycles. The molecule has 0 aromatic rings. The molecule has 3 atom stereocenters. The van der Waals surface area contributed by atoms with Gasteiger partial charge in [-0.3, -0.25) is 9.69 Å². The predicted molar refractivity (Wildman–Crippen MR) is 113 cm³/mol.